The molecule has 0 unspecified atom stereocenters. The van der Waals surface area contributed by atoms with Gasteiger partial charge in [-0.2, -0.15) is 0 Å². The molecule has 34 heavy (non-hydrogen) atoms. The molecule has 0 saturated carbocycles. The van der Waals surface area contributed by atoms with Gasteiger partial charge in [-0.25, -0.2) is 13.6 Å². The molecule has 4 rings (SSSR count). The van der Waals surface area contributed by atoms with E-state index < -0.39 is 30.7 Å². The highest BCUT2D eigenvalue weighted by molar-refractivity contribution is 6.30. The minimum atomic E-state index is -1.27. The van der Waals surface area contributed by atoms with Gasteiger partial charge in [-0.15, -0.1) is 0 Å². The first kappa shape index (κ1) is 23.9. The van der Waals surface area contributed by atoms with Crippen molar-refractivity contribution in [1.82, 2.24) is 14.0 Å². The van der Waals surface area contributed by atoms with Gasteiger partial charge in [-0.05, 0) is 48.7 Å². The normalized spacial score (nSPS) is 14.6. The Morgan fingerprint density at radius 1 is 1.09 bits per heavy atom. The summed E-state index contributed by atoms with van der Waals surface area (Å²) in [6.07, 6.45) is 0.609. The summed E-state index contributed by atoms with van der Waals surface area (Å²) in [6, 6.07) is 11.1. The molecular formula is C24H24ClF2N3O4. The number of aromatic nitrogens is 2. The number of rotatable bonds is 8. The number of ether oxygens (including phenoxy) is 1. The van der Waals surface area contributed by atoms with E-state index in [1.807, 2.05) is 0 Å². The molecule has 0 radical (unpaired) electrons. The van der Waals surface area contributed by atoms with Gasteiger partial charge in [0.1, 0.15) is 19.1 Å². The maximum Gasteiger partial charge on any atom is 0.332 e. The number of nitrogens with zero attached hydrogens (tertiary/aromatic N) is 3. The van der Waals surface area contributed by atoms with Crippen molar-refractivity contribution >= 4 is 28.9 Å². The molecule has 0 spiro atoms. The van der Waals surface area contributed by atoms with Gasteiger partial charge in [-0.1, -0.05) is 23.7 Å². The monoisotopic (exact) mass is 491 g/mol. The quantitative estimate of drug-likeness (QED) is 0.453. The zero-order valence-electron chi connectivity index (χ0n) is 18.3. The van der Waals surface area contributed by atoms with Crippen molar-refractivity contribution in [3.05, 3.63) is 73.9 Å². The number of carbonyl (C=O) groups excluding carboxylic acids is 1. The van der Waals surface area contributed by atoms with E-state index in [4.69, 9.17) is 16.3 Å². The number of carbonyl (C=O) groups is 1. The van der Waals surface area contributed by atoms with Crippen LogP contribution >= 0.6 is 11.6 Å². The molecule has 0 bridgehead atoms. The topological polar surface area (TPSA) is 73.5 Å². The average Bonchev–Trinajstić information content (AvgIpc) is 2.86. The number of benzene rings is 2. The smallest absolute Gasteiger partial charge is 0.332 e. The Bertz CT molecular complexity index is 1300. The Balaban J connectivity index is 1.86. The van der Waals surface area contributed by atoms with Crippen molar-refractivity contribution in [2.24, 2.45) is 0 Å². The van der Waals surface area contributed by atoms with Gasteiger partial charge in [0.25, 0.3) is 5.56 Å². The lowest BCUT2D eigenvalue weighted by Crippen LogP contribution is -2.44. The van der Waals surface area contributed by atoms with Crippen molar-refractivity contribution in [3.63, 3.8) is 0 Å². The Morgan fingerprint density at radius 2 is 1.82 bits per heavy atom. The van der Waals surface area contributed by atoms with Crippen LogP contribution in [0.1, 0.15) is 24.4 Å². The van der Waals surface area contributed by atoms with Crippen LogP contribution in [0.15, 0.2) is 52.1 Å². The molecule has 10 heteroatoms. The van der Waals surface area contributed by atoms with Gasteiger partial charge in [0.2, 0.25) is 6.41 Å². The van der Waals surface area contributed by atoms with Gasteiger partial charge in [0.05, 0.1) is 17.4 Å². The average molecular weight is 492 g/mol. The Kier molecular flexibility index (Phi) is 7.31. The first-order chi connectivity index (χ1) is 16.4. The predicted molar refractivity (Wildman–Crippen MR) is 125 cm³/mol. The van der Waals surface area contributed by atoms with Crippen LogP contribution < -0.4 is 16.0 Å². The SMILES string of the molecule is O=CN1CCC(n2c(=O)n(Cc3cccc(Cl)c3)c(=O)c3cc(OC(CF)CF)ccc32)CC1. The zero-order valence-corrected chi connectivity index (χ0v) is 19.1. The van der Waals surface area contributed by atoms with Crippen LogP contribution in [-0.4, -0.2) is 53.0 Å². The van der Waals surface area contributed by atoms with E-state index in [-0.39, 0.29) is 23.7 Å². The molecule has 3 aromatic rings. The minimum absolute atomic E-state index is 0.00399. The lowest BCUT2D eigenvalue weighted by atomic mass is 10.0. The molecule has 0 aliphatic carbocycles. The molecule has 1 aliphatic heterocycles. The molecule has 180 valence electrons. The van der Waals surface area contributed by atoms with Gasteiger partial charge in [0, 0.05) is 24.2 Å². The Labute approximate surface area is 199 Å². The fourth-order valence-electron chi connectivity index (χ4n) is 4.29. The molecule has 1 aliphatic rings. The molecule has 1 saturated heterocycles. The number of fused-ring (bicyclic) bond motifs is 1. The number of hydrogen-bond donors (Lipinski definition) is 0. The van der Waals surface area contributed by atoms with E-state index in [1.165, 1.54) is 12.1 Å². The summed E-state index contributed by atoms with van der Waals surface area (Å²) in [7, 11) is 0. The second kappa shape index (κ2) is 10.4. The molecule has 1 aromatic heterocycles. The molecule has 0 N–H and O–H groups in total. The van der Waals surface area contributed by atoms with Crippen LogP contribution in [0.3, 0.4) is 0 Å². The van der Waals surface area contributed by atoms with Crippen molar-refractivity contribution < 1.29 is 18.3 Å². The molecular weight excluding hydrogens is 468 g/mol. The van der Waals surface area contributed by atoms with Gasteiger partial charge in [-0.3, -0.25) is 18.7 Å². The van der Waals surface area contributed by atoms with Gasteiger partial charge < -0.3 is 9.64 Å². The summed E-state index contributed by atoms with van der Waals surface area (Å²) in [5.41, 5.74) is 0.0761. The first-order valence-electron chi connectivity index (χ1n) is 11.0. The lowest BCUT2D eigenvalue weighted by Gasteiger charge is -2.31. The molecule has 1 fully saturated rings. The summed E-state index contributed by atoms with van der Waals surface area (Å²) >= 11 is 6.08. The summed E-state index contributed by atoms with van der Waals surface area (Å²) in [4.78, 5) is 39.8. The van der Waals surface area contributed by atoms with E-state index >= 15 is 0 Å². The highest BCUT2D eigenvalue weighted by atomic mass is 35.5. The summed E-state index contributed by atoms with van der Waals surface area (Å²) in [5, 5.41) is 0.681. The van der Waals surface area contributed by atoms with Crippen LogP contribution in [0.25, 0.3) is 10.9 Å². The third-order valence-corrected chi connectivity index (χ3v) is 6.27. The maximum atomic E-state index is 13.6. The fraction of sp³-hybridized carbons (Fsp3) is 0.375. The maximum absolute atomic E-state index is 13.6. The highest BCUT2D eigenvalue weighted by Crippen LogP contribution is 2.26. The van der Waals surface area contributed by atoms with E-state index in [0.717, 1.165) is 11.0 Å². The van der Waals surface area contributed by atoms with E-state index in [2.05, 4.69) is 0 Å². The molecule has 2 heterocycles. The van der Waals surface area contributed by atoms with Crippen LogP contribution in [0.2, 0.25) is 5.02 Å². The molecule has 1 amide bonds. The van der Waals surface area contributed by atoms with Crippen molar-refractivity contribution in [3.8, 4) is 5.75 Å². The van der Waals surface area contributed by atoms with E-state index in [1.54, 1.807) is 39.8 Å². The largest absolute Gasteiger partial charge is 0.485 e. The summed E-state index contributed by atoms with van der Waals surface area (Å²) in [6.45, 7) is -1.04. The van der Waals surface area contributed by atoms with Crippen LogP contribution in [0.4, 0.5) is 8.78 Å². The molecule has 0 atom stereocenters. The fourth-order valence-corrected chi connectivity index (χ4v) is 4.50. The summed E-state index contributed by atoms with van der Waals surface area (Å²) < 4.78 is 34.0. The predicted octanol–water partition coefficient (Wildman–Crippen LogP) is 3.34. The zero-order chi connectivity index (χ0) is 24.2. The number of alkyl halides is 2. The van der Waals surface area contributed by atoms with E-state index in [0.29, 0.717) is 42.0 Å². The number of halogens is 3. The molecule has 7 nitrogen and oxygen atoms in total. The Hall–Kier alpha value is -3.20. The van der Waals surface area contributed by atoms with Crippen LogP contribution in [-0.2, 0) is 11.3 Å². The second-order valence-electron chi connectivity index (χ2n) is 8.27. The molecule has 2 aromatic carbocycles. The van der Waals surface area contributed by atoms with E-state index in [9.17, 15) is 23.2 Å². The van der Waals surface area contributed by atoms with Crippen molar-refractivity contribution in [1.29, 1.82) is 0 Å². The second-order valence-corrected chi connectivity index (χ2v) is 8.71. The van der Waals surface area contributed by atoms with Gasteiger partial charge >= 0.3 is 5.69 Å². The highest BCUT2D eigenvalue weighted by Gasteiger charge is 2.25. The third-order valence-electron chi connectivity index (χ3n) is 6.03. The van der Waals surface area contributed by atoms with Crippen LogP contribution in [0, 0.1) is 0 Å². The number of likely N-dealkylation sites (tertiary alicyclic amines) is 1. The summed E-state index contributed by atoms with van der Waals surface area (Å²) in [5.74, 6) is 0.139. The Morgan fingerprint density at radius 3 is 2.47 bits per heavy atom. The standard InChI is InChI=1S/C24H24ClF2N3O4/c25-17-3-1-2-16(10-17)14-29-23(32)21-11-19(34-20(12-26)13-27)4-5-22(21)30(24(29)33)18-6-8-28(15-31)9-7-18/h1-5,10-11,15,18,20H,6-9,12-14H2. The number of piperidine rings is 1. The van der Waals surface area contributed by atoms with Gasteiger partial charge in [0.15, 0.2) is 6.10 Å². The van der Waals surface area contributed by atoms with Crippen molar-refractivity contribution in [2.45, 2.75) is 31.5 Å². The van der Waals surface area contributed by atoms with Crippen molar-refractivity contribution in [2.75, 3.05) is 26.4 Å². The minimum Gasteiger partial charge on any atom is -0.485 e. The lowest BCUT2D eigenvalue weighted by molar-refractivity contribution is -0.119. The number of amides is 1. The third kappa shape index (κ3) is 4.84. The van der Waals surface area contributed by atoms with Crippen LogP contribution in [0.5, 0.6) is 5.75 Å². The first-order valence-corrected chi connectivity index (χ1v) is 11.3. The number of hydrogen-bond acceptors (Lipinski definition) is 4.